The number of pyridine rings is 1. The number of nitrogens with one attached hydrogen (secondary N) is 1. The minimum Gasteiger partial charge on any atom is -0.377 e. The molecule has 2 aromatic rings. The van der Waals surface area contributed by atoms with Crippen molar-refractivity contribution in [2.75, 3.05) is 5.32 Å². The van der Waals surface area contributed by atoms with Crippen LogP contribution in [0.25, 0.3) is 0 Å². The number of nitro benzene ring substituents is 1. The predicted molar refractivity (Wildman–Crippen MR) is 78.8 cm³/mol. The van der Waals surface area contributed by atoms with Gasteiger partial charge in [0.2, 0.25) is 0 Å². The summed E-state index contributed by atoms with van der Waals surface area (Å²) in [5.41, 5.74) is 3.45. The Morgan fingerprint density at radius 3 is 2.60 bits per heavy atom. The second-order valence-electron chi connectivity index (χ2n) is 4.83. The van der Waals surface area contributed by atoms with Gasteiger partial charge in [-0.3, -0.25) is 15.1 Å². The third kappa shape index (κ3) is 2.93. The van der Waals surface area contributed by atoms with Crippen molar-refractivity contribution in [3.63, 3.8) is 0 Å². The lowest BCUT2D eigenvalue weighted by Gasteiger charge is -2.17. The van der Waals surface area contributed by atoms with Gasteiger partial charge < -0.3 is 5.32 Å². The Kier molecular flexibility index (Phi) is 3.98. The molecule has 0 saturated carbocycles. The highest BCUT2D eigenvalue weighted by molar-refractivity contribution is 5.60. The number of anilines is 1. The molecule has 0 saturated heterocycles. The Balaban J connectivity index is 2.29. The van der Waals surface area contributed by atoms with Crippen molar-refractivity contribution in [1.29, 1.82) is 0 Å². The standard InChI is InChI=1S/C15H17N3O2/c1-10-8-11(2)15(18(19)20)9-14(10)17-12(3)13-6-4-5-7-16-13/h4-9,12,17H,1-3H3. The average Bonchev–Trinajstić information content (AvgIpc) is 2.42. The summed E-state index contributed by atoms with van der Waals surface area (Å²) in [5, 5.41) is 14.3. The molecule has 5 heteroatoms. The fraction of sp³-hybridized carbons (Fsp3) is 0.267. The summed E-state index contributed by atoms with van der Waals surface area (Å²) in [6.45, 7) is 5.66. The minimum absolute atomic E-state index is 0.0165. The molecule has 0 fully saturated rings. The molecule has 0 aliphatic rings. The molecule has 1 unspecified atom stereocenters. The second kappa shape index (κ2) is 5.69. The maximum atomic E-state index is 11.0. The summed E-state index contributed by atoms with van der Waals surface area (Å²) in [6.07, 6.45) is 1.73. The molecule has 0 aliphatic carbocycles. The number of nitrogens with zero attached hydrogens (tertiary/aromatic N) is 2. The molecule has 20 heavy (non-hydrogen) atoms. The van der Waals surface area contributed by atoms with Crippen LogP contribution >= 0.6 is 0 Å². The Labute approximate surface area is 117 Å². The Morgan fingerprint density at radius 2 is 2.00 bits per heavy atom. The third-order valence-corrected chi connectivity index (χ3v) is 3.24. The van der Waals surface area contributed by atoms with E-state index in [4.69, 9.17) is 0 Å². The second-order valence-corrected chi connectivity index (χ2v) is 4.83. The summed E-state index contributed by atoms with van der Waals surface area (Å²) in [7, 11) is 0. The Bertz CT molecular complexity index is 627. The first-order valence-corrected chi connectivity index (χ1v) is 6.42. The number of benzene rings is 1. The molecule has 1 heterocycles. The predicted octanol–water partition coefficient (Wildman–Crippen LogP) is 3.78. The number of nitro groups is 1. The molecule has 2 rings (SSSR count). The summed E-state index contributed by atoms with van der Waals surface area (Å²) >= 11 is 0. The van der Waals surface area contributed by atoms with Crippen LogP contribution in [0.5, 0.6) is 0 Å². The molecule has 0 aliphatic heterocycles. The van der Waals surface area contributed by atoms with Crippen molar-refractivity contribution < 1.29 is 4.92 Å². The molecule has 1 aromatic carbocycles. The van der Waals surface area contributed by atoms with Crippen LogP contribution in [-0.4, -0.2) is 9.91 Å². The van der Waals surface area contributed by atoms with Crippen LogP contribution in [0, 0.1) is 24.0 Å². The van der Waals surface area contributed by atoms with Gasteiger partial charge in [0, 0.05) is 23.5 Å². The Hall–Kier alpha value is -2.43. The van der Waals surface area contributed by atoms with Crippen LogP contribution in [0.3, 0.4) is 0 Å². The van der Waals surface area contributed by atoms with E-state index in [2.05, 4.69) is 10.3 Å². The van der Waals surface area contributed by atoms with Gasteiger partial charge in [0.25, 0.3) is 5.69 Å². The summed E-state index contributed by atoms with van der Waals surface area (Å²) < 4.78 is 0. The first-order valence-electron chi connectivity index (χ1n) is 6.42. The molecular weight excluding hydrogens is 254 g/mol. The van der Waals surface area contributed by atoms with Gasteiger partial charge >= 0.3 is 0 Å². The first kappa shape index (κ1) is 14.0. The van der Waals surface area contributed by atoms with Crippen molar-refractivity contribution in [2.45, 2.75) is 26.8 Å². The van der Waals surface area contributed by atoms with Gasteiger partial charge in [-0.2, -0.15) is 0 Å². The topological polar surface area (TPSA) is 68.1 Å². The van der Waals surface area contributed by atoms with Crippen molar-refractivity contribution in [2.24, 2.45) is 0 Å². The molecule has 104 valence electrons. The van der Waals surface area contributed by atoms with Gasteiger partial charge in [-0.1, -0.05) is 6.07 Å². The van der Waals surface area contributed by atoms with Crippen molar-refractivity contribution in [3.8, 4) is 0 Å². The molecule has 0 radical (unpaired) electrons. The van der Waals surface area contributed by atoms with Crippen LogP contribution in [0.1, 0.15) is 29.8 Å². The van der Waals surface area contributed by atoms with Crippen LogP contribution in [0.2, 0.25) is 0 Å². The van der Waals surface area contributed by atoms with Gasteiger partial charge in [0.05, 0.1) is 16.7 Å². The van der Waals surface area contributed by atoms with Crippen molar-refractivity contribution >= 4 is 11.4 Å². The van der Waals surface area contributed by atoms with Gasteiger partial charge in [-0.15, -0.1) is 0 Å². The maximum absolute atomic E-state index is 11.0. The van der Waals surface area contributed by atoms with Gasteiger partial charge in [0.15, 0.2) is 0 Å². The maximum Gasteiger partial charge on any atom is 0.274 e. The fourth-order valence-corrected chi connectivity index (χ4v) is 2.13. The van der Waals surface area contributed by atoms with Gasteiger partial charge in [-0.05, 0) is 44.5 Å². The molecule has 0 bridgehead atoms. The van der Waals surface area contributed by atoms with E-state index in [1.54, 1.807) is 19.2 Å². The van der Waals surface area contributed by atoms with E-state index in [-0.39, 0.29) is 16.7 Å². The van der Waals surface area contributed by atoms with Crippen LogP contribution in [0.15, 0.2) is 36.5 Å². The summed E-state index contributed by atoms with van der Waals surface area (Å²) in [6, 6.07) is 9.10. The molecule has 0 spiro atoms. The lowest BCUT2D eigenvalue weighted by molar-refractivity contribution is -0.385. The normalized spacial score (nSPS) is 11.9. The largest absolute Gasteiger partial charge is 0.377 e. The molecule has 5 nitrogen and oxygen atoms in total. The lowest BCUT2D eigenvalue weighted by Crippen LogP contribution is -2.09. The minimum atomic E-state index is -0.356. The fourth-order valence-electron chi connectivity index (χ4n) is 2.13. The zero-order chi connectivity index (χ0) is 14.7. The van der Waals surface area contributed by atoms with Crippen LogP contribution in [-0.2, 0) is 0 Å². The Morgan fingerprint density at radius 1 is 1.25 bits per heavy atom. The van der Waals surface area contributed by atoms with E-state index in [0.717, 1.165) is 16.9 Å². The van der Waals surface area contributed by atoms with E-state index in [0.29, 0.717) is 5.56 Å². The van der Waals surface area contributed by atoms with E-state index in [1.807, 2.05) is 38.1 Å². The van der Waals surface area contributed by atoms with Gasteiger partial charge in [0.1, 0.15) is 0 Å². The van der Waals surface area contributed by atoms with Crippen molar-refractivity contribution in [1.82, 2.24) is 4.98 Å². The van der Waals surface area contributed by atoms with E-state index < -0.39 is 0 Å². The average molecular weight is 271 g/mol. The highest BCUT2D eigenvalue weighted by Gasteiger charge is 2.15. The monoisotopic (exact) mass is 271 g/mol. The molecule has 1 atom stereocenters. The summed E-state index contributed by atoms with van der Waals surface area (Å²) in [4.78, 5) is 14.9. The number of rotatable bonds is 4. The highest BCUT2D eigenvalue weighted by atomic mass is 16.6. The third-order valence-electron chi connectivity index (χ3n) is 3.24. The molecule has 0 amide bonds. The molecular formula is C15H17N3O2. The lowest BCUT2D eigenvalue weighted by atomic mass is 10.1. The summed E-state index contributed by atoms with van der Waals surface area (Å²) in [5.74, 6) is 0. The van der Waals surface area contributed by atoms with Crippen molar-refractivity contribution in [3.05, 3.63) is 63.5 Å². The quantitative estimate of drug-likeness (QED) is 0.678. The van der Waals surface area contributed by atoms with Crippen LogP contribution in [0.4, 0.5) is 11.4 Å². The number of aryl methyl sites for hydroxylation is 2. The smallest absolute Gasteiger partial charge is 0.274 e. The zero-order valence-corrected chi connectivity index (χ0v) is 11.8. The van der Waals surface area contributed by atoms with E-state index in [9.17, 15) is 10.1 Å². The number of aromatic nitrogens is 1. The highest BCUT2D eigenvalue weighted by Crippen LogP contribution is 2.28. The first-order chi connectivity index (χ1) is 9.49. The molecule has 1 N–H and O–H groups in total. The zero-order valence-electron chi connectivity index (χ0n) is 11.8. The van der Waals surface area contributed by atoms with E-state index in [1.165, 1.54) is 0 Å². The number of hydrogen-bond acceptors (Lipinski definition) is 4. The van der Waals surface area contributed by atoms with Gasteiger partial charge in [-0.25, -0.2) is 0 Å². The number of hydrogen-bond donors (Lipinski definition) is 1. The van der Waals surface area contributed by atoms with Crippen LogP contribution < -0.4 is 5.32 Å². The SMILES string of the molecule is Cc1cc(C)c([N+](=O)[O-])cc1NC(C)c1ccccn1. The van der Waals surface area contributed by atoms with E-state index >= 15 is 0 Å². The molecule has 1 aromatic heterocycles.